The third-order valence-corrected chi connectivity index (χ3v) is 3.95. The van der Waals surface area contributed by atoms with Crippen LogP contribution in [0, 0.1) is 11.8 Å². The first kappa shape index (κ1) is 14.8. The van der Waals surface area contributed by atoms with Crippen molar-refractivity contribution in [3.63, 3.8) is 0 Å². The number of hydrogen-bond donors (Lipinski definition) is 1. The van der Waals surface area contributed by atoms with Gasteiger partial charge in [-0.15, -0.1) is 0 Å². The summed E-state index contributed by atoms with van der Waals surface area (Å²) in [5.41, 5.74) is 2.51. The molecule has 1 N–H and O–H groups in total. The molecule has 2 aromatic rings. The zero-order valence-corrected chi connectivity index (χ0v) is 12.4. The van der Waals surface area contributed by atoms with E-state index in [-0.39, 0.29) is 12.0 Å². The summed E-state index contributed by atoms with van der Waals surface area (Å²) in [6.45, 7) is 4.39. The molecule has 2 atom stereocenters. The second-order valence-electron chi connectivity index (χ2n) is 5.85. The highest BCUT2D eigenvalue weighted by atomic mass is 16.3. The van der Waals surface area contributed by atoms with Crippen LogP contribution in [-0.2, 0) is 12.8 Å². The van der Waals surface area contributed by atoms with E-state index in [2.05, 4.69) is 50.2 Å². The summed E-state index contributed by atoms with van der Waals surface area (Å²) in [7, 11) is 0. The maximum atomic E-state index is 10.6. The lowest BCUT2D eigenvalue weighted by molar-refractivity contribution is 0.0815. The second kappa shape index (κ2) is 7.25. The summed E-state index contributed by atoms with van der Waals surface area (Å²) in [6.07, 6.45) is 1.38. The van der Waals surface area contributed by atoms with Gasteiger partial charge in [-0.3, -0.25) is 0 Å². The summed E-state index contributed by atoms with van der Waals surface area (Å²) < 4.78 is 0. The minimum absolute atomic E-state index is 0.289. The highest BCUT2D eigenvalue weighted by Gasteiger charge is 2.23. The van der Waals surface area contributed by atoms with E-state index in [0.29, 0.717) is 5.92 Å². The summed E-state index contributed by atoms with van der Waals surface area (Å²) in [5.74, 6) is 0.756. The summed E-state index contributed by atoms with van der Waals surface area (Å²) >= 11 is 0. The molecule has 2 rings (SSSR count). The van der Waals surface area contributed by atoms with Gasteiger partial charge in [0.25, 0.3) is 0 Å². The van der Waals surface area contributed by atoms with Crippen molar-refractivity contribution in [2.24, 2.45) is 11.8 Å². The van der Waals surface area contributed by atoms with Crippen molar-refractivity contribution in [3.05, 3.63) is 71.8 Å². The van der Waals surface area contributed by atoms with Gasteiger partial charge in [-0.2, -0.15) is 0 Å². The van der Waals surface area contributed by atoms with Gasteiger partial charge in [0.2, 0.25) is 0 Å². The van der Waals surface area contributed by atoms with Crippen LogP contribution >= 0.6 is 0 Å². The van der Waals surface area contributed by atoms with Gasteiger partial charge in [0.15, 0.2) is 0 Å². The van der Waals surface area contributed by atoms with Crippen LogP contribution in [0.25, 0.3) is 0 Å². The smallest absolute Gasteiger partial charge is 0.0614 e. The molecule has 2 aromatic carbocycles. The van der Waals surface area contributed by atoms with Crippen LogP contribution in [0.4, 0.5) is 0 Å². The number of benzene rings is 2. The molecule has 0 bridgehead atoms. The Morgan fingerprint density at radius 3 is 1.65 bits per heavy atom. The van der Waals surface area contributed by atoms with Gasteiger partial charge < -0.3 is 5.11 Å². The lowest BCUT2D eigenvalue weighted by Gasteiger charge is -2.26. The van der Waals surface area contributed by atoms with E-state index in [4.69, 9.17) is 0 Å². The van der Waals surface area contributed by atoms with Gasteiger partial charge in [-0.25, -0.2) is 0 Å². The first-order valence-corrected chi connectivity index (χ1v) is 7.42. The molecule has 1 heteroatoms. The largest absolute Gasteiger partial charge is 0.392 e. The van der Waals surface area contributed by atoms with E-state index >= 15 is 0 Å². The van der Waals surface area contributed by atoms with Crippen molar-refractivity contribution in [2.75, 3.05) is 0 Å². The lowest BCUT2D eigenvalue weighted by atomic mass is 9.82. The molecular formula is C19H24O. The molecule has 0 aromatic heterocycles. The molecule has 1 nitrogen and oxygen atoms in total. The van der Waals surface area contributed by atoms with Gasteiger partial charge in [-0.1, -0.05) is 74.5 Å². The first-order chi connectivity index (χ1) is 9.66. The fourth-order valence-electron chi connectivity index (χ4n) is 2.71. The molecule has 0 aliphatic carbocycles. The Labute approximate surface area is 122 Å². The third-order valence-electron chi connectivity index (χ3n) is 3.95. The van der Waals surface area contributed by atoms with E-state index in [0.717, 1.165) is 12.8 Å². The molecule has 0 spiro atoms. The minimum Gasteiger partial charge on any atom is -0.392 e. The Hall–Kier alpha value is -1.60. The van der Waals surface area contributed by atoms with Crippen molar-refractivity contribution >= 4 is 0 Å². The van der Waals surface area contributed by atoms with E-state index < -0.39 is 0 Å². The fourth-order valence-corrected chi connectivity index (χ4v) is 2.71. The average Bonchev–Trinajstić information content (AvgIpc) is 2.46. The van der Waals surface area contributed by atoms with Crippen molar-refractivity contribution in [2.45, 2.75) is 32.8 Å². The molecule has 0 fully saturated rings. The van der Waals surface area contributed by atoms with Crippen LogP contribution in [-0.4, -0.2) is 11.2 Å². The minimum atomic E-state index is -0.294. The number of rotatable bonds is 6. The molecule has 0 saturated heterocycles. The molecule has 106 valence electrons. The quantitative estimate of drug-likeness (QED) is 0.836. The maximum Gasteiger partial charge on any atom is 0.0614 e. The van der Waals surface area contributed by atoms with Crippen LogP contribution in [0.15, 0.2) is 60.7 Å². The van der Waals surface area contributed by atoms with Crippen LogP contribution in [0.3, 0.4) is 0 Å². The molecule has 0 aliphatic rings. The van der Waals surface area contributed by atoms with E-state index in [9.17, 15) is 5.11 Å². The van der Waals surface area contributed by atoms with Gasteiger partial charge >= 0.3 is 0 Å². The Morgan fingerprint density at radius 2 is 1.20 bits per heavy atom. The molecule has 0 saturated carbocycles. The monoisotopic (exact) mass is 268 g/mol. The molecule has 0 aliphatic heterocycles. The zero-order valence-electron chi connectivity index (χ0n) is 12.4. The molecule has 0 radical (unpaired) electrons. The third kappa shape index (κ3) is 4.21. The molecular weight excluding hydrogens is 244 g/mol. The Kier molecular flexibility index (Phi) is 5.37. The van der Waals surface area contributed by atoms with Crippen molar-refractivity contribution in [3.8, 4) is 0 Å². The SMILES string of the molecule is CC(C)[C@H](Cc1ccccc1)[C@H](O)Cc1ccccc1. The lowest BCUT2D eigenvalue weighted by Crippen LogP contribution is -2.29. The maximum absolute atomic E-state index is 10.6. The summed E-state index contributed by atoms with van der Waals surface area (Å²) in [4.78, 5) is 0. The zero-order chi connectivity index (χ0) is 14.4. The summed E-state index contributed by atoms with van der Waals surface area (Å²) in [5, 5.41) is 10.6. The van der Waals surface area contributed by atoms with Crippen LogP contribution in [0.1, 0.15) is 25.0 Å². The fraction of sp³-hybridized carbons (Fsp3) is 0.368. The predicted octanol–water partition coefficient (Wildman–Crippen LogP) is 4.10. The summed E-state index contributed by atoms with van der Waals surface area (Å²) in [6, 6.07) is 20.7. The van der Waals surface area contributed by atoms with Crippen LogP contribution < -0.4 is 0 Å². The standard InChI is InChI=1S/C19H24O/c1-15(2)18(13-16-9-5-3-6-10-16)19(20)14-17-11-7-4-8-12-17/h3-12,15,18-20H,13-14H2,1-2H3/t18-,19+/m0/s1. The topological polar surface area (TPSA) is 20.2 Å². The van der Waals surface area contributed by atoms with Crippen molar-refractivity contribution in [1.82, 2.24) is 0 Å². The van der Waals surface area contributed by atoms with Crippen molar-refractivity contribution in [1.29, 1.82) is 0 Å². The number of aliphatic hydroxyl groups excluding tert-OH is 1. The van der Waals surface area contributed by atoms with E-state index in [1.54, 1.807) is 0 Å². The average molecular weight is 268 g/mol. The molecule has 20 heavy (non-hydrogen) atoms. The van der Waals surface area contributed by atoms with Gasteiger partial charge in [-0.05, 0) is 35.8 Å². The Bertz CT molecular complexity index is 490. The van der Waals surface area contributed by atoms with Gasteiger partial charge in [0.05, 0.1) is 6.10 Å². The van der Waals surface area contributed by atoms with Crippen molar-refractivity contribution < 1.29 is 5.11 Å². The van der Waals surface area contributed by atoms with E-state index in [1.165, 1.54) is 11.1 Å². The number of aliphatic hydroxyl groups is 1. The second-order valence-corrected chi connectivity index (χ2v) is 5.85. The highest BCUT2D eigenvalue weighted by molar-refractivity contribution is 5.18. The molecule has 0 amide bonds. The first-order valence-electron chi connectivity index (χ1n) is 7.42. The number of hydrogen-bond acceptors (Lipinski definition) is 1. The molecule has 0 unspecified atom stereocenters. The van der Waals surface area contributed by atoms with Gasteiger partial charge in [0, 0.05) is 0 Å². The van der Waals surface area contributed by atoms with Crippen LogP contribution in [0.5, 0.6) is 0 Å². The Morgan fingerprint density at radius 1 is 0.750 bits per heavy atom. The van der Waals surface area contributed by atoms with E-state index in [1.807, 2.05) is 24.3 Å². The predicted molar refractivity (Wildman–Crippen MR) is 84.6 cm³/mol. The van der Waals surface area contributed by atoms with Crippen LogP contribution in [0.2, 0.25) is 0 Å². The van der Waals surface area contributed by atoms with Gasteiger partial charge in [0.1, 0.15) is 0 Å². The Balaban J connectivity index is 2.04. The molecule has 0 heterocycles. The highest BCUT2D eigenvalue weighted by Crippen LogP contribution is 2.23. The normalized spacial score (nSPS) is 14.2.